The van der Waals surface area contributed by atoms with Gasteiger partial charge in [-0.25, -0.2) is 0 Å². The number of fused-ring (bicyclic) bond motifs is 1. The van der Waals surface area contributed by atoms with Gasteiger partial charge >= 0.3 is 0 Å². The number of nitrogens with two attached hydrogens (primary N) is 1. The van der Waals surface area contributed by atoms with E-state index >= 15 is 0 Å². The first kappa shape index (κ1) is 11.5. The molecule has 5 heteroatoms. The van der Waals surface area contributed by atoms with Crippen LogP contribution < -0.4 is 10.5 Å². The monoisotopic (exact) mass is 254 g/mol. The Kier molecular flexibility index (Phi) is 2.79. The van der Waals surface area contributed by atoms with E-state index in [1.165, 1.54) is 0 Å². The average Bonchev–Trinajstić information content (AvgIpc) is 2.90. The highest BCUT2D eigenvalue weighted by Gasteiger charge is 2.08. The lowest BCUT2D eigenvalue weighted by molar-refractivity contribution is 0.484. The summed E-state index contributed by atoms with van der Waals surface area (Å²) < 4.78 is 7.56. The SMILES string of the molecule is CCn1cc(Oc2ccc3ncccc3c2N)cn1. The van der Waals surface area contributed by atoms with Crippen LogP contribution >= 0.6 is 0 Å². The van der Waals surface area contributed by atoms with Crippen molar-refractivity contribution in [3.63, 3.8) is 0 Å². The van der Waals surface area contributed by atoms with E-state index in [4.69, 9.17) is 10.5 Å². The summed E-state index contributed by atoms with van der Waals surface area (Å²) in [6, 6.07) is 7.51. The van der Waals surface area contributed by atoms with Gasteiger partial charge in [-0.3, -0.25) is 9.67 Å². The molecule has 0 saturated carbocycles. The number of anilines is 1. The van der Waals surface area contributed by atoms with E-state index in [-0.39, 0.29) is 0 Å². The number of nitrogens with zero attached hydrogens (tertiary/aromatic N) is 3. The van der Waals surface area contributed by atoms with Crippen LogP contribution in [0, 0.1) is 0 Å². The van der Waals surface area contributed by atoms with Crippen molar-refractivity contribution in [2.75, 3.05) is 5.73 Å². The Bertz CT molecular complexity index is 720. The van der Waals surface area contributed by atoms with Crippen molar-refractivity contribution < 1.29 is 4.74 Å². The molecule has 0 fully saturated rings. The summed E-state index contributed by atoms with van der Waals surface area (Å²) in [5.41, 5.74) is 7.56. The zero-order chi connectivity index (χ0) is 13.2. The lowest BCUT2D eigenvalue weighted by Gasteiger charge is -2.08. The van der Waals surface area contributed by atoms with Gasteiger partial charge in [-0.1, -0.05) is 0 Å². The Labute approximate surface area is 110 Å². The molecule has 2 aromatic heterocycles. The summed E-state index contributed by atoms with van der Waals surface area (Å²) in [5.74, 6) is 1.30. The molecule has 3 rings (SSSR count). The molecule has 96 valence electrons. The molecule has 0 spiro atoms. The normalized spacial score (nSPS) is 10.8. The highest BCUT2D eigenvalue weighted by Crippen LogP contribution is 2.32. The minimum absolute atomic E-state index is 0.592. The summed E-state index contributed by atoms with van der Waals surface area (Å²) in [5, 5.41) is 5.05. The molecule has 0 bridgehead atoms. The lowest BCUT2D eigenvalue weighted by Crippen LogP contribution is -1.94. The molecule has 5 nitrogen and oxygen atoms in total. The first-order valence-electron chi connectivity index (χ1n) is 6.11. The molecule has 0 radical (unpaired) electrons. The number of hydrogen-bond donors (Lipinski definition) is 1. The van der Waals surface area contributed by atoms with E-state index in [1.54, 1.807) is 17.1 Å². The number of aryl methyl sites for hydroxylation is 1. The van der Waals surface area contributed by atoms with Gasteiger partial charge in [0.25, 0.3) is 0 Å². The molecular weight excluding hydrogens is 240 g/mol. The average molecular weight is 254 g/mol. The van der Waals surface area contributed by atoms with E-state index in [0.717, 1.165) is 17.4 Å². The summed E-state index contributed by atoms with van der Waals surface area (Å²) in [6.45, 7) is 2.83. The number of benzene rings is 1. The first-order valence-corrected chi connectivity index (χ1v) is 6.11. The topological polar surface area (TPSA) is 66.0 Å². The van der Waals surface area contributed by atoms with E-state index < -0.39 is 0 Å². The first-order chi connectivity index (χ1) is 9.28. The quantitative estimate of drug-likeness (QED) is 0.730. The summed E-state index contributed by atoms with van der Waals surface area (Å²) in [4.78, 5) is 4.26. The molecule has 3 aromatic rings. The highest BCUT2D eigenvalue weighted by atomic mass is 16.5. The van der Waals surface area contributed by atoms with E-state index in [2.05, 4.69) is 10.1 Å². The molecule has 2 heterocycles. The zero-order valence-corrected chi connectivity index (χ0v) is 10.6. The molecule has 0 aliphatic heterocycles. The van der Waals surface area contributed by atoms with Gasteiger partial charge in [0.1, 0.15) is 0 Å². The zero-order valence-electron chi connectivity index (χ0n) is 10.6. The maximum Gasteiger partial charge on any atom is 0.165 e. The third-order valence-corrected chi connectivity index (χ3v) is 2.95. The largest absolute Gasteiger partial charge is 0.452 e. The molecule has 19 heavy (non-hydrogen) atoms. The van der Waals surface area contributed by atoms with Crippen molar-refractivity contribution in [1.82, 2.24) is 14.8 Å². The smallest absolute Gasteiger partial charge is 0.165 e. The molecule has 0 aliphatic carbocycles. The van der Waals surface area contributed by atoms with Gasteiger partial charge in [-0.2, -0.15) is 5.10 Å². The van der Waals surface area contributed by atoms with Gasteiger partial charge in [0.05, 0.1) is 23.6 Å². The lowest BCUT2D eigenvalue weighted by atomic mass is 10.1. The van der Waals surface area contributed by atoms with E-state index in [1.807, 2.05) is 37.4 Å². The molecule has 1 aromatic carbocycles. The number of ether oxygens (including phenoxy) is 1. The number of pyridine rings is 1. The van der Waals surface area contributed by atoms with Crippen LogP contribution in [0.1, 0.15) is 6.92 Å². The van der Waals surface area contributed by atoms with Crippen molar-refractivity contribution in [2.45, 2.75) is 13.5 Å². The predicted molar refractivity (Wildman–Crippen MR) is 74.1 cm³/mol. The number of hydrogen-bond acceptors (Lipinski definition) is 4. The maximum atomic E-state index is 6.11. The Balaban J connectivity index is 1.98. The van der Waals surface area contributed by atoms with Gasteiger partial charge in [0.2, 0.25) is 0 Å². The second kappa shape index (κ2) is 4.61. The van der Waals surface area contributed by atoms with Crippen LogP contribution in [0.4, 0.5) is 5.69 Å². The molecular formula is C14H14N4O. The minimum atomic E-state index is 0.592. The fraction of sp³-hybridized carbons (Fsp3) is 0.143. The molecule has 0 aliphatic rings. The molecule has 0 saturated heterocycles. The molecule has 0 unspecified atom stereocenters. The van der Waals surface area contributed by atoms with E-state index in [0.29, 0.717) is 17.2 Å². The van der Waals surface area contributed by atoms with Crippen molar-refractivity contribution in [1.29, 1.82) is 0 Å². The number of rotatable bonds is 3. The van der Waals surface area contributed by atoms with Gasteiger partial charge in [-0.15, -0.1) is 0 Å². The second-order valence-corrected chi connectivity index (χ2v) is 4.18. The van der Waals surface area contributed by atoms with Crippen LogP contribution in [0.3, 0.4) is 0 Å². The van der Waals surface area contributed by atoms with Crippen LogP contribution in [0.25, 0.3) is 10.9 Å². The summed E-state index contributed by atoms with van der Waals surface area (Å²) in [7, 11) is 0. The van der Waals surface area contributed by atoms with Crippen LogP contribution in [-0.2, 0) is 6.54 Å². The number of aromatic nitrogens is 3. The van der Waals surface area contributed by atoms with Crippen molar-refractivity contribution in [2.24, 2.45) is 0 Å². The van der Waals surface area contributed by atoms with E-state index in [9.17, 15) is 0 Å². The fourth-order valence-electron chi connectivity index (χ4n) is 1.94. The van der Waals surface area contributed by atoms with Crippen LogP contribution in [-0.4, -0.2) is 14.8 Å². The summed E-state index contributed by atoms with van der Waals surface area (Å²) in [6.07, 6.45) is 5.26. The Morgan fingerprint density at radius 1 is 1.32 bits per heavy atom. The van der Waals surface area contributed by atoms with Gasteiger partial charge in [0, 0.05) is 18.1 Å². The van der Waals surface area contributed by atoms with Crippen LogP contribution in [0.5, 0.6) is 11.5 Å². The molecule has 0 atom stereocenters. The van der Waals surface area contributed by atoms with Crippen LogP contribution in [0.15, 0.2) is 42.9 Å². The maximum absolute atomic E-state index is 6.11. The van der Waals surface area contributed by atoms with Crippen molar-refractivity contribution >= 4 is 16.6 Å². The van der Waals surface area contributed by atoms with Gasteiger partial charge in [0.15, 0.2) is 11.5 Å². The molecule has 0 amide bonds. The van der Waals surface area contributed by atoms with Crippen molar-refractivity contribution in [3.05, 3.63) is 42.9 Å². The van der Waals surface area contributed by atoms with Crippen LogP contribution in [0.2, 0.25) is 0 Å². The van der Waals surface area contributed by atoms with Gasteiger partial charge in [-0.05, 0) is 31.2 Å². The minimum Gasteiger partial charge on any atom is -0.452 e. The third-order valence-electron chi connectivity index (χ3n) is 2.95. The van der Waals surface area contributed by atoms with Gasteiger partial charge < -0.3 is 10.5 Å². The highest BCUT2D eigenvalue weighted by molar-refractivity contribution is 5.93. The van der Waals surface area contributed by atoms with Crippen molar-refractivity contribution in [3.8, 4) is 11.5 Å². The predicted octanol–water partition coefficient (Wildman–Crippen LogP) is 2.83. The second-order valence-electron chi connectivity index (χ2n) is 4.18. The molecule has 2 N–H and O–H groups in total. The Hall–Kier alpha value is -2.56. The Morgan fingerprint density at radius 2 is 2.21 bits per heavy atom. The fourth-order valence-corrected chi connectivity index (χ4v) is 1.94. The third kappa shape index (κ3) is 2.10. The number of nitrogen functional groups attached to an aromatic ring is 1. The summed E-state index contributed by atoms with van der Waals surface area (Å²) >= 11 is 0. The Morgan fingerprint density at radius 3 is 3.00 bits per heavy atom. The standard InChI is InChI=1S/C14H14N4O/c1-2-18-9-10(8-17-18)19-13-6-5-12-11(14(13)15)4-3-7-16-12/h3-9H,2,15H2,1H3.